The van der Waals surface area contributed by atoms with E-state index in [2.05, 4.69) is 20.8 Å². The van der Waals surface area contributed by atoms with Gasteiger partial charge in [-0.3, -0.25) is 9.13 Å². The lowest BCUT2D eigenvalue weighted by Crippen LogP contribution is -2.24. The fraction of sp³-hybridized carbons (Fsp3) is 0.750. The van der Waals surface area contributed by atoms with Gasteiger partial charge in [-0.2, -0.15) is 0 Å². The monoisotopic (exact) mass is 210 g/mol. The molecule has 0 unspecified atom stereocenters. The summed E-state index contributed by atoms with van der Waals surface area (Å²) in [5.41, 5.74) is 0.139. The molecule has 1 rings (SSSR count). The van der Waals surface area contributed by atoms with Crippen molar-refractivity contribution in [2.45, 2.75) is 53.1 Å². The van der Waals surface area contributed by atoms with Crippen molar-refractivity contribution in [1.82, 2.24) is 9.13 Å². The normalized spacial score (nSPS) is 11.2. The second kappa shape index (κ2) is 5.79. The van der Waals surface area contributed by atoms with Crippen molar-refractivity contribution < 1.29 is 0 Å². The van der Waals surface area contributed by atoms with Gasteiger partial charge in [-0.15, -0.1) is 0 Å². The second-order valence-corrected chi connectivity index (χ2v) is 4.50. The van der Waals surface area contributed by atoms with Crippen LogP contribution in [0.5, 0.6) is 0 Å². The lowest BCUT2D eigenvalue weighted by Gasteiger charge is -2.04. The number of imidazole rings is 1. The number of hydrogen-bond donors (Lipinski definition) is 0. The van der Waals surface area contributed by atoms with Crippen LogP contribution in [0.1, 0.15) is 40.0 Å². The number of hydrogen-bond acceptors (Lipinski definition) is 1. The van der Waals surface area contributed by atoms with Gasteiger partial charge in [-0.05, 0) is 25.2 Å². The first-order valence-corrected chi connectivity index (χ1v) is 5.90. The summed E-state index contributed by atoms with van der Waals surface area (Å²) in [5.74, 6) is 0.721. The Morgan fingerprint density at radius 1 is 1.20 bits per heavy atom. The molecule has 1 aromatic heterocycles. The van der Waals surface area contributed by atoms with E-state index in [0.717, 1.165) is 31.8 Å². The highest BCUT2D eigenvalue weighted by molar-refractivity contribution is 4.81. The Labute approximate surface area is 91.7 Å². The van der Waals surface area contributed by atoms with Gasteiger partial charge in [-0.25, -0.2) is 4.79 Å². The Morgan fingerprint density at radius 2 is 1.80 bits per heavy atom. The third-order valence-electron chi connectivity index (χ3n) is 2.56. The Kier molecular flexibility index (Phi) is 4.66. The second-order valence-electron chi connectivity index (χ2n) is 4.50. The zero-order valence-electron chi connectivity index (χ0n) is 10.1. The summed E-state index contributed by atoms with van der Waals surface area (Å²) in [6, 6.07) is 0. The van der Waals surface area contributed by atoms with E-state index < -0.39 is 0 Å². The molecule has 0 aromatic carbocycles. The number of nitrogens with zero attached hydrogens (tertiary/aromatic N) is 2. The zero-order chi connectivity index (χ0) is 11.3. The summed E-state index contributed by atoms with van der Waals surface area (Å²) < 4.78 is 3.60. The first kappa shape index (κ1) is 12.1. The number of aryl methyl sites for hydroxylation is 2. The average Bonchev–Trinajstić information content (AvgIpc) is 2.50. The van der Waals surface area contributed by atoms with E-state index in [1.807, 2.05) is 17.0 Å². The molecule has 0 N–H and O–H groups in total. The lowest BCUT2D eigenvalue weighted by atomic mass is 10.1. The topological polar surface area (TPSA) is 26.9 Å². The molecule has 0 radical (unpaired) electrons. The first-order chi connectivity index (χ1) is 7.15. The highest BCUT2D eigenvalue weighted by Crippen LogP contribution is 2.04. The standard InChI is InChI=1S/C12H22N2O/c1-4-7-13-9-10-14(12(13)15)8-5-6-11(2)3/h9-11H,4-8H2,1-3H3. The third-order valence-corrected chi connectivity index (χ3v) is 2.56. The maximum Gasteiger partial charge on any atom is 0.328 e. The van der Waals surface area contributed by atoms with Crippen LogP contribution in [0.4, 0.5) is 0 Å². The summed E-state index contributed by atoms with van der Waals surface area (Å²) in [6.07, 6.45) is 7.08. The Balaban J connectivity index is 2.51. The molecule has 0 aliphatic carbocycles. The Bertz CT molecular complexity index is 336. The summed E-state index contributed by atoms with van der Waals surface area (Å²) in [7, 11) is 0. The molecular formula is C12H22N2O. The van der Waals surface area contributed by atoms with Gasteiger partial charge < -0.3 is 0 Å². The van der Waals surface area contributed by atoms with Gasteiger partial charge in [0.2, 0.25) is 0 Å². The van der Waals surface area contributed by atoms with Gasteiger partial charge >= 0.3 is 5.69 Å². The van der Waals surface area contributed by atoms with Crippen molar-refractivity contribution >= 4 is 0 Å². The predicted molar refractivity (Wildman–Crippen MR) is 63.1 cm³/mol. The van der Waals surface area contributed by atoms with Crippen molar-refractivity contribution in [2.75, 3.05) is 0 Å². The minimum atomic E-state index is 0.139. The van der Waals surface area contributed by atoms with Crippen LogP contribution in [-0.2, 0) is 13.1 Å². The van der Waals surface area contributed by atoms with Crippen molar-refractivity contribution in [1.29, 1.82) is 0 Å². The minimum Gasteiger partial charge on any atom is -0.299 e. The molecule has 0 fully saturated rings. The van der Waals surface area contributed by atoms with E-state index in [1.54, 1.807) is 4.57 Å². The van der Waals surface area contributed by atoms with Gasteiger partial charge in [0.15, 0.2) is 0 Å². The number of aromatic nitrogens is 2. The van der Waals surface area contributed by atoms with E-state index in [9.17, 15) is 4.79 Å². The number of rotatable bonds is 6. The van der Waals surface area contributed by atoms with Crippen LogP contribution in [0, 0.1) is 5.92 Å². The Morgan fingerprint density at radius 3 is 2.33 bits per heavy atom. The molecule has 1 heterocycles. The summed E-state index contributed by atoms with van der Waals surface area (Å²) >= 11 is 0. The van der Waals surface area contributed by atoms with Crippen molar-refractivity contribution in [3.05, 3.63) is 22.9 Å². The van der Waals surface area contributed by atoms with Gasteiger partial charge in [0.25, 0.3) is 0 Å². The molecule has 0 atom stereocenters. The van der Waals surface area contributed by atoms with E-state index in [4.69, 9.17) is 0 Å². The smallest absolute Gasteiger partial charge is 0.299 e. The van der Waals surface area contributed by atoms with Crippen LogP contribution in [-0.4, -0.2) is 9.13 Å². The van der Waals surface area contributed by atoms with Crippen LogP contribution < -0.4 is 5.69 Å². The Hall–Kier alpha value is -0.990. The summed E-state index contributed by atoms with van der Waals surface area (Å²) in [4.78, 5) is 11.8. The SMILES string of the molecule is CCCn1ccn(CCCC(C)C)c1=O. The van der Waals surface area contributed by atoms with E-state index in [0.29, 0.717) is 0 Å². The van der Waals surface area contributed by atoms with Gasteiger partial charge in [0.05, 0.1) is 0 Å². The van der Waals surface area contributed by atoms with Crippen LogP contribution in [0.2, 0.25) is 0 Å². The quantitative estimate of drug-likeness (QED) is 0.708. The zero-order valence-corrected chi connectivity index (χ0v) is 10.1. The minimum absolute atomic E-state index is 0.139. The van der Waals surface area contributed by atoms with E-state index in [1.165, 1.54) is 6.42 Å². The van der Waals surface area contributed by atoms with Crippen LogP contribution in [0.3, 0.4) is 0 Å². The third kappa shape index (κ3) is 3.57. The molecule has 3 nitrogen and oxygen atoms in total. The molecule has 0 saturated heterocycles. The van der Waals surface area contributed by atoms with Crippen LogP contribution >= 0.6 is 0 Å². The largest absolute Gasteiger partial charge is 0.328 e. The van der Waals surface area contributed by atoms with Crippen molar-refractivity contribution in [2.24, 2.45) is 5.92 Å². The fourth-order valence-corrected chi connectivity index (χ4v) is 1.70. The van der Waals surface area contributed by atoms with Crippen molar-refractivity contribution in [3.8, 4) is 0 Å². The van der Waals surface area contributed by atoms with Gasteiger partial charge in [-0.1, -0.05) is 20.8 Å². The molecule has 0 aliphatic heterocycles. The summed E-state index contributed by atoms with van der Waals surface area (Å²) in [5, 5.41) is 0. The molecule has 0 spiro atoms. The molecule has 0 bridgehead atoms. The van der Waals surface area contributed by atoms with E-state index >= 15 is 0 Å². The molecule has 86 valence electrons. The van der Waals surface area contributed by atoms with E-state index in [-0.39, 0.29) is 5.69 Å². The fourth-order valence-electron chi connectivity index (χ4n) is 1.70. The maximum absolute atomic E-state index is 11.8. The highest BCUT2D eigenvalue weighted by atomic mass is 16.1. The first-order valence-electron chi connectivity index (χ1n) is 5.90. The molecule has 3 heteroatoms. The molecule has 15 heavy (non-hydrogen) atoms. The molecule has 0 aliphatic rings. The highest BCUT2D eigenvalue weighted by Gasteiger charge is 2.02. The van der Waals surface area contributed by atoms with Crippen molar-refractivity contribution in [3.63, 3.8) is 0 Å². The molecule has 0 saturated carbocycles. The van der Waals surface area contributed by atoms with Gasteiger partial charge in [0, 0.05) is 25.5 Å². The predicted octanol–water partition coefficient (Wildman–Crippen LogP) is 2.50. The molecular weight excluding hydrogens is 188 g/mol. The van der Waals surface area contributed by atoms with Gasteiger partial charge in [0.1, 0.15) is 0 Å². The lowest BCUT2D eigenvalue weighted by molar-refractivity contribution is 0.499. The van der Waals surface area contributed by atoms with Crippen LogP contribution in [0.25, 0.3) is 0 Å². The summed E-state index contributed by atoms with van der Waals surface area (Å²) in [6.45, 7) is 8.20. The maximum atomic E-state index is 11.8. The molecule has 0 amide bonds. The van der Waals surface area contributed by atoms with Crippen LogP contribution in [0.15, 0.2) is 17.2 Å². The average molecular weight is 210 g/mol. The molecule has 1 aromatic rings.